The maximum absolute atomic E-state index is 11.6. The molecular weight excluding hydrogens is 320 g/mol. The van der Waals surface area contributed by atoms with Crippen LogP contribution in [0.2, 0.25) is 0 Å². The van der Waals surface area contributed by atoms with Gasteiger partial charge in [-0.1, -0.05) is 19.0 Å². The molecule has 0 atom stereocenters. The monoisotopic (exact) mass is 338 g/mol. The van der Waals surface area contributed by atoms with E-state index in [4.69, 9.17) is 9.26 Å². The molecule has 1 aromatic carbocycles. The molecule has 1 N–H and O–H groups in total. The van der Waals surface area contributed by atoms with Gasteiger partial charge in [0.15, 0.2) is 0 Å². The molecule has 0 aliphatic heterocycles. The van der Waals surface area contributed by atoms with Gasteiger partial charge >= 0.3 is 0 Å². The van der Waals surface area contributed by atoms with Crippen molar-refractivity contribution in [2.75, 3.05) is 7.05 Å². The molecule has 0 aliphatic rings. The summed E-state index contributed by atoms with van der Waals surface area (Å²) in [6, 6.07) is 10.6. The van der Waals surface area contributed by atoms with E-state index in [1.165, 1.54) is 6.20 Å². The molecule has 2 heterocycles. The number of nitrogens with zero attached hydrogens (tertiary/aromatic N) is 3. The first kappa shape index (κ1) is 16.6. The molecule has 2 aromatic heterocycles. The predicted octanol–water partition coefficient (Wildman–Crippen LogP) is 3.41. The van der Waals surface area contributed by atoms with Gasteiger partial charge in [-0.05, 0) is 30.3 Å². The number of ether oxygens (including phenoxy) is 1. The van der Waals surface area contributed by atoms with Crippen molar-refractivity contribution < 1.29 is 14.1 Å². The number of benzene rings is 1. The van der Waals surface area contributed by atoms with Crippen molar-refractivity contribution in [2.24, 2.45) is 0 Å². The minimum atomic E-state index is -0.265. The highest BCUT2D eigenvalue weighted by Crippen LogP contribution is 2.25. The number of rotatable bonds is 5. The zero-order valence-electron chi connectivity index (χ0n) is 14.2. The van der Waals surface area contributed by atoms with E-state index in [9.17, 15) is 4.79 Å². The van der Waals surface area contributed by atoms with Crippen LogP contribution in [-0.2, 0) is 0 Å². The van der Waals surface area contributed by atoms with Gasteiger partial charge in [0, 0.05) is 30.8 Å². The van der Waals surface area contributed by atoms with Crippen LogP contribution < -0.4 is 10.1 Å². The number of hydrogen-bond donors (Lipinski definition) is 1. The van der Waals surface area contributed by atoms with E-state index in [-0.39, 0.29) is 11.8 Å². The summed E-state index contributed by atoms with van der Waals surface area (Å²) in [5.41, 5.74) is 1.13. The Bertz CT molecular complexity index is 872. The number of hydrogen-bond acceptors (Lipinski definition) is 6. The van der Waals surface area contributed by atoms with Crippen molar-refractivity contribution in [3.8, 4) is 22.9 Å². The Morgan fingerprint density at radius 3 is 2.56 bits per heavy atom. The molecule has 0 aliphatic carbocycles. The minimum absolute atomic E-state index is 0.185. The average Bonchev–Trinajstić information content (AvgIpc) is 3.12. The Labute approximate surface area is 145 Å². The van der Waals surface area contributed by atoms with Crippen LogP contribution in [0.4, 0.5) is 0 Å². The van der Waals surface area contributed by atoms with Crippen LogP contribution in [0.5, 0.6) is 11.5 Å². The van der Waals surface area contributed by atoms with E-state index >= 15 is 0 Å². The van der Waals surface area contributed by atoms with Crippen LogP contribution in [-0.4, -0.2) is 28.1 Å². The summed E-state index contributed by atoms with van der Waals surface area (Å²) in [5.74, 6) is 2.23. The van der Waals surface area contributed by atoms with Crippen molar-refractivity contribution in [1.82, 2.24) is 20.4 Å². The predicted molar refractivity (Wildman–Crippen MR) is 91.5 cm³/mol. The summed E-state index contributed by atoms with van der Waals surface area (Å²) >= 11 is 0. The Balaban J connectivity index is 1.75. The van der Waals surface area contributed by atoms with E-state index in [0.717, 1.165) is 5.56 Å². The van der Waals surface area contributed by atoms with Crippen LogP contribution in [0.25, 0.3) is 11.4 Å². The first-order valence-electron chi connectivity index (χ1n) is 7.87. The standard InChI is InChI=1S/C18H18N4O3/c1-11(2)18-21-16(22-25-18)12-4-6-13(7-5-12)24-14-8-9-20-15(10-14)17(23)19-3/h4-11H,1-3H3,(H,19,23). The molecule has 0 saturated heterocycles. The maximum atomic E-state index is 11.6. The fraction of sp³-hybridized carbons (Fsp3) is 0.222. The normalized spacial score (nSPS) is 10.7. The fourth-order valence-corrected chi connectivity index (χ4v) is 2.12. The molecular formula is C18H18N4O3. The summed E-state index contributed by atoms with van der Waals surface area (Å²) < 4.78 is 11.0. The quantitative estimate of drug-likeness (QED) is 0.767. The first-order valence-corrected chi connectivity index (χ1v) is 7.87. The van der Waals surface area contributed by atoms with Crippen molar-refractivity contribution in [3.05, 3.63) is 54.2 Å². The molecule has 0 fully saturated rings. The Kier molecular flexibility index (Phi) is 4.74. The Morgan fingerprint density at radius 1 is 1.16 bits per heavy atom. The molecule has 0 bridgehead atoms. The Hall–Kier alpha value is -3.22. The van der Waals surface area contributed by atoms with Crippen molar-refractivity contribution in [3.63, 3.8) is 0 Å². The maximum Gasteiger partial charge on any atom is 0.269 e. The second kappa shape index (κ2) is 7.12. The highest BCUT2D eigenvalue weighted by atomic mass is 16.5. The lowest BCUT2D eigenvalue weighted by molar-refractivity contribution is 0.0958. The molecule has 7 nitrogen and oxygen atoms in total. The van der Waals surface area contributed by atoms with Gasteiger partial charge in [-0.25, -0.2) is 0 Å². The van der Waals surface area contributed by atoms with Gasteiger partial charge in [0.25, 0.3) is 5.91 Å². The number of aromatic nitrogens is 3. The number of nitrogens with one attached hydrogen (secondary N) is 1. The Morgan fingerprint density at radius 2 is 1.92 bits per heavy atom. The van der Waals surface area contributed by atoms with Gasteiger partial charge < -0.3 is 14.6 Å². The summed E-state index contributed by atoms with van der Waals surface area (Å²) in [6.07, 6.45) is 1.53. The van der Waals surface area contributed by atoms with Crippen LogP contribution in [0, 0.1) is 0 Å². The van der Waals surface area contributed by atoms with Crippen molar-refractivity contribution >= 4 is 5.91 Å². The summed E-state index contributed by atoms with van der Waals surface area (Å²) in [4.78, 5) is 20.0. The van der Waals surface area contributed by atoms with E-state index in [2.05, 4.69) is 20.4 Å². The van der Waals surface area contributed by atoms with Gasteiger partial charge in [0.2, 0.25) is 11.7 Å². The molecule has 7 heteroatoms. The molecule has 0 radical (unpaired) electrons. The summed E-state index contributed by atoms with van der Waals surface area (Å²) in [5, 5.41) is 6.51. The van der Waals surface area contributed by atoms with Gasteiger partial charge in [-0.2, -0.15) is 4.98 Å². The second-order valence-corrected chi connectivity index (χ2v) is 5.69. The van der Waals surface area contributed by atoms with Gasteiger partial charge in [0.1, 0.15) is 17.2 Å². The van der Waals surface area contributed by atoms with Crippen LogP contribution in [0.1, 0.15) is 36.1 Å². The van der Waals surface area contributed by atoms with Crippen LogP contribution in [0.15, 0.2) is 47.1 Å². The third kappa shape index (κ3) is 3.82. The largest absolute Gasteiger partial charge is 0.457 e. The molecule has 0 saturated carbocycles. The molecule has 0 unspecified atom stereocenters. The van der Waals surface area contributed by atoms with E-state index in [1.54, 1.807) is 31.3 Å². The van der Waals surface area contributed by atoms with Crippen molar-refractivity contribution in [2.45, 2.75) is 19.8 Å². The number of carbonyl (C=O) groups is 1. The lowest BCUT2D eigenvalue weighted by Gasteiger charge is -2.07. The zero-order chi connectivity index (χ0) is 17.8. The molecule has 1 amide bonds. The van der Waals surface area contributed by atoms with Gasteiger partial charge in [-0.3, -0.25) is 9.78 Å². The highest BCUT2D eigenvalue weighted by Gasteiger charge is 2.12. The first-order chi connectivity index (χ1) is 12.1. The SMILES string of the molecule is CNC(=O)c1cc(Oc2ccc(-c3noc(C(C)C)n3)cc2)ccn1. The third-order valence-electron chi connectivity index (χ3n) is 3.47. The second-order valence-electron chi connectivity index (χ2n) is 5.69. The highest BCUT2D eigenvalue weighted by molar-refractivity contribution is 5.92. The molecule has 25 heavy (non-hydrogen) atoms. The molecule has 128 valence electrons. The summed E-state index contributed by atoms with van der Waals surface area (Å²) in [6.45, 7) is 3.99. The average molecular weight is 338 g/mol. The third-order valence-corrected chi connectivity index (χ3v) is 3.47. The zero-order valence-corrected chi connectivity index (χ0v) is 14.2. The number of pyridine rings is 1. The van der Waals surface area contributed by atoms with E-state index in [0.29, 0.717) is 28.9 Å². The molecule has 3 rings (SSSR count). The van der Waals surface area contributed by atoms with Gasteiger partial charge in [0.05, 0.1) is 0 Å². The number of amides is 1. The topological polar surface area (TPSA) is 90.1 Å². The van der Waals surface area contributed by atoms with Gasteiger partial charge in [-0.15, -0.1) is 0 Å². The smallest absolute Gasteiger partial charge is 0.269 e. The lowest BCUT2D eigenvalue weighted by Crippen LogP contribution is -2.18. The molecule has 3 aromatic rings. The van der Waals surface area contributed by atoms with Crippen molar-refractivity contribution in [1.29, 1.82) is 0 Å². The fourth-order valence-electron chi connectivity index (χ4n) is 2.12. The van der Waals surface area contributed by atoms with Crippen LogP contribution in [0.3, 0.4) is 0 Å². The summed E-state index contributed by atoms with van der Waals surface area (Å²) in [7, 11) is 1.55. The molecule has 0 spiro atoms. The van der Waals surface area contributed by atoms with E-state index in [1.807, 2.05) is 26.0 Å². The lowest BCUT2D eigenvalue weighted by atomic mass is 10.2. The van der Waals surface area contributed by atoms with Crippen LogP contribution >= 0.6 is 0 Å². The minimum Gasteiger partial charge on any atom is -0.457 e. The number of carbonyl (C=O) groups excluding carboxylic acids is 1. The van der Waals surface area contributed by atoms with E-state index < -0.39 is 0 Å².